The van der Waals surface area contributed by atoms with E-state index in [1.807, 2.05) is 67.6 Å². The number of hydrogen-bond acceptors (Lipinski definition) is 3. The Labute approximate surface area is 199 Å². The maximum absolute atomic E-state index is 6.54. The molecule has 2 aromatic heterocycles. The maximum Gasteiger partial charge on any atom is 0.202 e. The van der Waals surface area contributed by atoms with Crippen LogP contribution in [0, 0.1) is 6.92 Å². The van der Waals surface area contributed by atoms with Gasteiger partial charge in [-0.15, -0.1) is 0 Å². The summed E-state index contributed by atoms with van der Waals surface area (Å²) < 4.78 is 1.80. The summed E-state index contributed by atoms with van der Waals surface area (Å²) in [6, 6.07) is 22.7. The Hall–Kier alpha value is -3.12. The van der Waals surface area contributed by atoms with Gasteiger partial charge < -0.3 is 0 Å². The highest BCUT2D eigenvalue weighted by Crippen LogP contribution is 2.36. The molecule has 32 heavy (non-hydrogen) atoms. The topological polar surface area (TPSA) is 59.4 Å². The third-order valence-electron chi connectivity index (χ3n) is 5.12. The van der Waals surface area contributed by atoms with Gasteiger partial charge in [0, 0.05) is 26.7 Å². The predicted octanol–water partition coefficient (Wildman–Crippen LogP) is 7.26. The monoisotopic (exact) mass is 479 g/mol. The fourth-order valence-electron chi connectivity index (χ4n) is 3.58. The van der Waals surface area contributed by atoms with Crippen LogP contribution in [0.4, 0.5) is 0 Å². The van der Waals surface area contributed by atoms with Crippen LogP contribution in [-0.4, -0.2) is 25.0 Å². The van der Waals surface area contributed by atoms with Crippen LogP contribution in [0.3, 0.4) is 0 Å². The second kappa shape index (κ2) is 8.43. The summed E-state index contributed by atoms with van der Waals surface area (Å²) in [6.07, 6.45) is 0. The third kappa shape index (κ3) is 3.79. The average Bonchev–Trinajstić information content (AvgIpc) is 3.40. The number of nitrogens with one attached hydrogen (secondary N) is 1. The van der Waals surface area contributed by atoms with Crippen molar-refractivity contribution in [1.82, 2.24) is 25.0 Å². The first-order valence-electron chi connectivity index (χ1n) is 9.80. The van der Waals surface area contributed by atoms with Gasteiger partial charge in [0.25, 0.3) is 0 Å². The molecule has 2 heterocycles. The molecule has 0 atom stereocenters. The van der Waals surface area contributed by atoms with Crippen LogP contribution in [0.2, 0.25) is 15.1 Å². The van der Waals surface area contributed by atoms with Crippen LogP contribution in [0.5, 0.6) is 0 Å². The van der Waals surface area contributed by atoms with Crippen molar-refractivity contribution in [2.45, 2.75) is 6.92 Å². The number of halogens is 3. The van der Waals surface area contributed by atoms with E-state index in [0.717, 1.165) is 22.4 Å². The smallest absolute Gasteiger partial charge is 0.202 e. The molecule has 0 saturated carbocycles. The lowest BCUT2D eigenvalue weighted by Gasteiger charge is -2.11. The molecule has 0 unspecified atom stereocenters. The summed E-state index contributed by atoms with van der Waals surface area (Å²) in [4.78, 5) is 4.69. The number of aromatic nitrogens is 5. The fourth-order valence-corrected chi connectivity index (χ4v) is 4.19. The van der Waals surface area contributed by atoms with E-state index in [-0.39, 0.29) is 0 Å². The van der Waals surface area contributed by atoms with Gasteiger partial charge in [-0.05, 0) is 37.3 Å². The Kier molecular flexibility index (Phi) is 5.47. The van der Waals surface area contributed by atoms with Crippen LogP contribution < -0.4 is 0 Å². The second-order valence-electron chi connectivity index (χ2n) is 7.21. The van der Waals surface area contributed by atoms with Crippen molar-refractivity contribution < 1.29 is 0 Å². The van der Waals surface area contributed by atoms with Gasteiger partial charge in [-0.2, -0.15) is 10.2 Å². The number of nitrogens with zero attached hydrogens (tertiary/aromatic N) is 4. The molecule has 5 nitrogen and oxygen atoms in total. The first-order chi connectivity index (χ1) is 15.5. The number of rotatable bonds is 4. The summed E-state index contributed by atoms with van der Waals surface area (Å²) in [5, 5.41) is 14.0. The lowest BCUT2D eigenvalue weighted by atomic mass is 10.1. The van der Waals surface area contributed by atoms with Crippen molar-refractivity contribution in [2.75, 3.05) is 0 Å². The van der Waals surface area contributed by atoms with E-state index < -0.39 is 0 Å². The van der Waals surface area contributed by atoms with Gasteiger partial charge in [0.15, 0.2) is 5.82 Å². The molecule has 0 bridgehead atoms. The van der Waals surface area contributed by atoms with Crippen LogP contribution >= 0.6 is 34.8 Å². The van der Waals surface area contributed by atoms with Gasteiger partial charge in [0.2, 0.25) is 5.82 Å². The molecule has 0 fully saturated rings. The Balaban J connectivity index is 1.70. The van der Waals surface area contributed by atoms with E-state index in [2.05, 4.69) is 15.2 Å². The molecule has 0 aliphatic carbocycles. The van der Waals surface area contributed by atoms with Crippen LogP contribution in [0.1, 0.15) is 5.56 Å². The molecule has 0 aliphatic rings. The zero-order valence-corrected chi connectivity index (χ0v) is 19.1. The predicted molar refractivity (Wildman–Crippen MR) is 130 cm³/mol. The molecule has 5 rings (SSSR count). The molecule has 0 saturated heterocycles. The van der Waals surface area contributed by atoms with E-state index >= 15 is 0 Å². The Morgan fingerprint density at radius 2 is 1.53 bits per heavy atom. The summed E-state index contributed by atoms with van der Waals surface area (Å²) in [5.41, 5.74) is 5.02. The number of benzene rings is 3. The normalized spacial score (nSPS) is 11.1. The second-order valence-corrected chi connectivity index (χ2v) is 8.49. The zero-order chi connectivity index (χ0) is 22.2. The molecule has 0 amide bonds. The van der Waals surface area contributed by atoms with Crippen molar-refractivity contribution in [3.05, 3.63) is 93.4 Å². The summed E-state index contributed by atoms with van der Waals surface area (Å²) >= 11 is 18.8. The minimum absolute atomic E-state index is 0.488. The maximum atomic E-state index is 6.54. The number of aromatic amines is 1. The largest absolute Gasteiger partial charge is 0.259 e. The Morgan fingerprint density at radius 3 is 2.25 bits per heavy atom. The van der Waals surface area contributed by atoms with Crippen molar-refractivity contribution in [2.24, 2.45) is 0 Å². The lowest BCUT2D eigenvalue weighted by molar-refractivity contribution is 0.887. The minimum atomic E-state index is 0.488. The van der Waals surface area contributed by atoms with Crippen molar-refractivity contribution in [3.63, 3.8) is 0 Å². The molecule has 0 radical (unpaired) electrons. The highest BCUT2D eigenvalue weighted by atomic mass is 35.5. The van der Waals surface area contributed by atoms with E-state index in [1.54, 1.807) is 16.8 Å². The average molecular weight is 481 g/mol. The molecule has 0 aliphatic heterocycles. The van der Waals surface area contributed by atoms with Crippen molar-refractivity contribution in [3.8, 4) is 39.9 Å². The number of H-pyrrole nitrogens is 1. The molecule has 1 N–H and O–H groups in total. The Morgan fingerprint density at radius 1 is 0.812 bits per heavy atom. The van der Waals surface area contributed by atoms with Gasteiger partial charge >= 0.3 is 0 Å². The molecule has 3 aromatic carbocycles. The van der Waals surface area contributed by atoms with Gasteiger partial charge in [-0.1, -0.05) is 77.3 Å². The quantitative estimate of drug-likeness (QED) is 0.294. The van der Waals surface area contributed by atoms with E-state index in [4.69, 9.17) is 39.9 Å². The van der Waals surface area contributed by atoms with Crippen LogP contribution in [0.15, 0.2) is 72.8 Å². The molecule has 5 aromatic rings. The highest BCUT2D eigenvalue weighted by molar-refractivity contribution is 6.35. The molecule has 8 heteroatoms. The summed E-state index contributed by atoms with van der Waals surface area (Å²) in [5.74, 6) is 1.17. The fraction of sp³-hybridized carbons (Fsp3) is 0.0417. The third-order valence-corrected chi connectivity index (χ3v) is 5.91. The minimum Gasteiger partial charge on any atom is -0.259 e. The van der Waals surface area contributed by atoms with Gasteiger partial charge in [-0.3, -0.25) is 5.10 Å². The summed E-state index contributed by atoms with van der Waals surface area (Å²) in [6.45, 7) is 1.99. The zero-order valence-electron chi connectivity index (χ0n) is 16.9. The van der Waals surface area contributed by atoms with Crippen LogP contribution in [-0.2, 0) is 0 Å². The molecular weight excluding hydrogens is 465 g/mol. The molecule has 158 valence electrons. The van der Waals surface area contributed by atoms with E-state index in [9.17, 15) is 0 Å². The van der Waals surface area contributed by atoms with Gasteiger partial charge in [0.1, 0.15) is 5.69 Å². The molecule has 0 spiro atoms. The van der Waals surface area contributed by atoms with Gasteiger partial charge in [-0.25, -0.2) is 9.67 Å². The summed E-state index contributed by atoms with van der Waals surface area (Å²) in [7, 11) is 0. The Bertz CT molecular complexity index is 1410. The first kappa shape index (κ1) is 20.8. The highest BCUT2D eigenvalue weighted by Gasteiger charge is 2.22. The SMILES string of the molecule is Cc1c(-c2n[nH]c(-c3ccccc3)n2)nn(-c2ccc(Cl)cc2Cl)c1-c1ccc(Cl)cc1. The van der Waals surface area contributed by atoms with Crippen molar-refractivity contribution >= 4 is 34.8 Å². The van der Waals surface area contributed by atoms with E-state index in [1.165, 1.54) is 0 Å². The number of hydrogen-bond donors (Lipinski definition) is 1. The standard InChI is InChI=1S/C24H16Cl3N5/c1-14-21(24-28-23(29-30-24)16-5-3-2-4-6-16)31-32(20-12-11-18(26)13-19(20)27)22(14)15-7-9-17(25)10-8-15/h2-13H,1H3,(H,28,29,30). The lowest BCUT2D eigenvalue weighted by Crippen LogP contribution is -2.00. The van der Waals surface area contributed by atoms with Crippen molar-refractivity contribution in [1.29, 1.82) is 0 Å². The van der Waals surface area contributed by atoms with Gasteiger partial charge in [0.05, 0.1) is 16.4 Å². The van der Waals surface area contributed by atoms with Crippen LogP contribution in [0.25, 0.3) is 39.9 Å². The first-order valence-corrected chi connectivity index (χ1v) is 10.9. The molecular formula is C24H16Cl3N5. The van der Waals surface area contributed by atoms with E-state index in [0.29, 0.717) is 38.1 Å².